The highest BCUT2D eigenvalue weighted by Crippen LogP contribution is 2.38. The van der Waals surface area contributed by atoms with Crippen LogP contribution in [0.25, 0.3) is 0 Å². The van der Waals surface area contributed by atoms with Gasteiger partial charge in [-0.15, -0.1) is 0 Å². The van der Waals surface area contributed by atoms with Crippen molar-refractivity contribution in [1.29, 1.82) is 0 Å². The number of halogens is 1. The third-order valence-corrected chi connectivity index (χ3v) is 8.86. The Morgan fingerprint density at radius 1 is 0.923 bits per heavy atom. The van der Waals surface area contributed by atoms with Crippen LogP contribution < -0.4 is 20.1 Å². The molecule has 8 nitrogen and oxygen atoms in total. The fraction of sp³-hybridized carbons (Fsp3) is 0.310. The van der Waals surface area contributed by atoms with Crippen molar-refractivity contribution in [1.82, 2.24) is 10.0 Å². The summed E-state index contributed by atoms with van der Waals surface area (Å²) >= 11 is 6.00. The number of benzene rings is 3. The van der Waals surface area contributed by atoms with Crippen molar-refractivity contribution < 1.29 is 22.7 Å². The zero-order chi connectivity index (χ0) is 27.6. The van der Waals surface area contributed by atoms with Crippen LogP contribution in [0.1, 0.15) is 51.0 Å². The Morgan fingerprint density at radius 2 is 1.59 bits per heavy atom. The van der Waals surface area contributed by atoms with E-state index >= 15 is 0 Å². The summed E-state index contributed by atoms with van der Waals surface area (Å²) in [7, 11) is -2.58. The van der Waals surface area contributed by atoms with Crippen molar-refractivity contribution in [3.05, 3.63) is 86.9 Å². The summed E-state index contributed by atoms with van der Waals surface area (Å²) in [6.07, 6.45) is 6.31. The van der Waals surface area contributed by atoms with Gasteiger partial charge in [0, 0.05) is 17.3 Å². The SMILES string of the molecule is COc1ccc(Cl)cc1C(=O)NCCc1ccc(S(=O)(=O)NC(=O)Nc2c3c(cc4c2CCC4)CCC3)cc1. The number of ether oxygens (including phenoxy) is 1. The summed E-state index contributed by atoms with van der Waals surface area (Å²) < 4.78 is 33.2. The van der Waals surface area contributed by atoms with Crippen LogP contribution in [0.3, 0.4) is 0 Å². The molecule has 0 heterocycles. The monoisotopic (exact) mass is 567 g/mol. The average Bonchev–Trinajstić information content (AvgIpc) is 3.58. The first-order valence-electron chi connectivity index (χ1n) is 13.0. The molecule has 0 saturated carbocycles. The number of fused-ring (bicyclic) bond motifs is 2. The van der Waals surface area contributed by atoms with E-state index in [1.807, 2.05) is 0 Å². The first-order chi connectivity index (χ1) is 18.7. The van der Waals surface area contributed by atoms with Gasteiger partial charge in [-0.05, 0) is 103 Å². The van der Waals surface area contributed by atoms with E-state index in [4.69, 9.17) is 16.3 Å². The largest absolute Gasteiger partial charge is 0.496 e. The molecule has 2 aliphatic rings. The van der Waals surface area contributed by atoms with Gasteiger partial charge < -0.3 is 15.4 Å². The molecule has 3 aromatic rings. The van der Waals surface area contributed by atoms with Crippen LogP contribution in [0.5, 0.6) is 5.75 Å². The van der Waals surface area contributed by atoms with E-state index in [1.165, 1.54) is 36.4 Å². The van der Waals surface area contributed by atoms with Crippen LogP contribution in [0.4, 0.5) is 10.5 Å². The Balaban J connectivity index is 1.19. The molecule has 0 atom stereocenters. The maximum Gasteiger partial charge on any atom is 0.333 e. The molecule has 0 unspecified atom stereocenters. The van der Waals surface area contributed by atoms with E-state index in [-0.39, 0.29) is 10.8 Å². The second-order valence-corrected chi connectivity index (χ2v) is 11.9. The summed E-state index contributed by atoms with van der Waals surface area (Å²) in [5.41, 5.74) is 6.73. The fourth-order valence-electron chi connectivity index (χ4n) is 5.40. The molecule has 0 aliphatic heterocycles. The number of amides is 3. The lowest BCUT2D eigenvalue weighted by atomic mass is 9.99. The van der Waals surface area contributed by atoms with Gasteiger partial charge in [0.1, 0.15) is 5.75 Å². The maximum absolute atomic E-state index is 12.9. The Kier molecular flexibility index (Phi) is 7.81. The Hall–Kier alpha value is -3.56. The van der Waals surface area contributed by atoms with E-state index in [2.05, 4.69) is 21.4 Å². The molecular formula is C29H30ClN3O5S. The smallest absolute Gasteiger partial charge is 0.333 e. The summed E-state index contributed by atoms with van der Waals surface area (Å²) in [4.78, 5) is 25.3. The minimum Gasteiger partial charge on any atom is -0.496 e. The van der Waals surface area contributed by atoms with Crippen molar-refractivity contribution in [3.8, 4) is 5.75 Å². The maximum atomic E-state index is 12.9. The summed E-state index contributed by atoms with van der Waals surface area (Å²) in [5.74, 6) is 0.0995. The zero-order valence-electron chi connectivity index (χ0n) is 21.6. The first-order valence-corrected chi connectivity index (χ1v) is 14.8. The molecule has 0 fully saturated rings. The molecular weight excluding hydrogens is 538 g/mol. The number of anilines is 1. The topological polar surface area (TPSA) is 114 Å². The third kappa shape index (κ3) is 5.89. The van der Waals surface area contributed by atoms with Gasteiger partial charge >= 0.3 is 6.03 Å². The lowest BCUT2D eigenvalue weighted by molar-refractivity contribution is 0.0951. The number of sulfonamides is 1. The van der Waals surface area contributed by atoms with E-state index in [1.54, 1.807) is 24.3 Å². The quantitative estimate of drug-likeness (QED) is 0.361. The van der Waals surface area contributed by atoms with Gasteiger partial charge in [-0.25, -0.2) is 17.9 Å². The van der Waals surface area contributed by atoms with Crippen LogP contribution in [0, 0.1) is 0 Å². The summed E-state index contributed by atoms with van der Waals surface area (Å²) in [5, 5.41) is 6.10. The molecule has 39 heavy (non-hydrogen) atoms. The summed E-state index contributed by atoms with van der Waals surface area (Å²) in [6.45, 7) is 0.326. The second kappa shape index (κ2) is 11.3. The van der Waals surface area contributed by atoms with Gasteiger partial charge in [0.05, 0.1) is 17.6 Å². The minimum atomic E-state index is -4.06. The van der Waals surface area contributed by atoms with E-state index < -0.39 is 16.1 Å². The van der Waals surface area contributed by atoms with Crippen molar-refractivity contribution in [3.63, 3.8) is 0 Å². The number of nitrogens with one attached hydrogen (secondary N) is 3. The van der Waals surface area contributed by atoms with Crippen molar-refractivity contribution in [2.24, 2.45) is 0 Å². The van der Waals surface area contributed by atoms with E-state index in [0.717, 1.165) is 60.9 Å². The highest BCUT2D eigenvalue weighted by atomic mass is 35.5. The number of methoxy groups -OCH3 is 1. The van der Waals surface area contributed by atoms with Crippen LogP contribution in [0.2, 0.25) is 5.02 Å². The number of carbonyl (C=O) groups is 2. The van der Waals surface area contributed by atoms with Crippen LogP contribution in [0.15, 0.2) is 53.4 Å². The molecule has 3 N–H and O–H groups in total. The molecule has 5 rings (SSSR count). The number of hydrogen-bond acceptors (Lipinski definition) is 5. The van der Waals surface area contributed by atoms with Gasteiger partial charge in [0.25, 0.3) is 15.9 Å². The normalized spacial score (nSPS) is 13.9. The molecule has 3 aromatic carbocycles. The standard InChI is InChI=1S/C29H30ClN3O5S/c1-38-26-13-10-21(30)17-25(26)28(34)31-15-14-18-8-11-22(12-9-18)39(36,37)33-29(35)32-27-23-6-2-4-19(23)16-20-5-3-7-24(20)27/h8-13,16-17H,2-7,14-15H2,1H3,(H,31,34)(H2,32,33,35). The second-order valence-electron chi connectivity index (χ2n) is 9.79. The lowest BCUT2D eigenvalue weighted by Gasteiger charge is -2.16. The molecule has 10 heteroatoms. The third-order valence-electron chi connectivity index (χ3n) is 7.28. The molecule has 0 radical (unpaired) electrons. The Morgan fingerprint density at radius 3 is 2.23 bits per heavy atom. The number of hydrogen-bond donors (Lipinski definition) is 3. The molecule has 0 saturated heterocycles. The predicted octanol–water partition coefficient (Wildman–Crippen LogP) is 4.81. The number of carbonyl (C=O) groups excluding carboxylic acids is 2. The Bertz CT molecular complexity index is 1510. The van der Waals surface area contributed by atoms with Gasteiger partial charge in [-0.2, -0.15) is 0 Å². The van der Waals surface area contributed by atoms with Crippen LogP contribution in [-0.4, -0.2) is 34.0 Å². The average molecular weight is 568 g/mol. The van der Waals surface area contributed by atoms with Crippen molar-refractivity contribution >= 4 is 39.2 Å². The van der Waals surface area contributed by atoms with Crippen molar-refractivity contribution in [2.75, 3.05) is 19.0 Å². The van der Waals surface area contributed by atoms with Gasteiger partial charge in [0.15, 0.2) is 0 Å². The van der Waals surface area contributed by atoms with Gasteiger partial charge in [-0.3, -0.25) is 4.79 Å². The molecule has 2 aliphatic carbocycles. The number of rotatable bonds is 8. The highest BCUT2D eigenvalue weighted by Gasteiger charge is 2.26. The number of urea groups is 1. The van der Waals surface area contributed by atoms with Crippen LogP contribution >= 0.6 is 11.6 Å². The van der Waals surface area contributed by atoms with E-state index in [9.17, 15) is 18.0 Å². The molecule has 3 amide bonds. The van der Waals surface area contributed by atoms with Crippen LogP contribution in [-0.2, 0) is 42.1 Å². The molecule has 0 spiro atoms. The predicted molar refractivity (Wildman–Crippen MR) is 150 cm³/mol. The van der Waals surface area contributed by atoms with Crippen molar-refractivity contribution in [2.45, 2.75) is 49.8 Å². The molecule has 0 bridgehead atoms. The molecule has 0 aromatic heterocycles. The zero-order valence-corrected chi connectivity index (χ0v) is 23.2. The number of aryl methyl sites for hydroxylation is 2. The lowest BCUT2D eigenvalue weighted by Crippen LogP contribution is -2.35. The van der Waals surface area contributed by atoms with E-state index in [0.29, 0.717) is 29.3 Å². The first kappa shape index (κ1) is 27.0. The molecule has 204 valence electrons. The highest BCUT2D eigenvalue weighted by molar-refractivity contribution is 7.90. The fourth-order valence-corrected chi connectivity index (χ4v) is 6.48. The van der Waals surface area contributed by atoms with Gasteiger partial charge in [0.2, 0.25) is 0 Å². The minimum absolute atomic E-state index is 0.0161. The van der Waals surface area contributed by atoms with Gasteiger partial charge in [-0.1, -0.05) is 29.8 Å². The summed E-state index contributed by atoms with van der Waals surface area (Å²) in [6, 6.07) is 12.5. The Labute approximate surface area is 233 Å².